The smallest absolute Gasteiger partial charge is 0.243 e. The maximum Gasteiger partial charge on any atom is 0.243 e. The van der Waals surface area contributed by atoms with E-state index in [1.54, 1.807) is 18.2 Å². The van der Waals surface area contributed by atoms with Gasteiger partial charge in [0, 0.05) is 12.1 Å². The van der Waals surface area contributed by atoms with Crippen LogP contribution in [0.4, 0.5) is 5.69 Å². The van der Waals surface area contributed by atoms with E-state index in [-0.39, 0.29) is 24.9 Å². The molecule has 2 amide bonds. The van der Waals surface area contributed by atoms with Crippen LogP contribution in [0.3, 0.4) is 0 Å². The molecule has 2 aromatic rings. The molecule has 4 N–H and O–H groups in total. The van der Waals surface area contributed by atoms with Gasteiger partial charge in [-0.25, -0.2) is 4.98 Å². The Kier molecular flexibility index (Phi) is 4.31. The lowest BCUT2D eigenvalue weighted by Crippen LogP contribution is -2.36. The van der Waals surface area contributed by atoms with Crippen LogP contribution in [-0.2, 0) is 16.0 Å². The van der Waals surface area contributed by atoms with E-state index in [1.807, 2.05) is 6.92 Å². The van der Waals surface area contributed by atoms with Crippen LogP contribution in [0.15, 0.2) is 22.6 Å². The van der Waals surface area contributed by atoms with E-state index >= 15 is 0 Å². The summed E-state index contributed by atoms with van der Waals surface area (Å²) in [6.45, 7) is 1.69. The monoisotopic (exact) mass is 276 g/mol. The van der Waals surface area contributed by atoms with Crippen LogP contribution in [0.2, 0.25) is 0 Å². The summed E-state index contributed by atoms with van der Waals surface area (Å²) in [6, 6.07) is 5.19. The molecule has 1 aromatic heterocycles. The molecule has 2 rings (SSSR count). The number of amides is 2. The Bertz CT molecular complexity index is 636. The quantitative estimate of drug-likeness (QED) is 0.732. The van der Waals surface area contributed by atoms with Crippen molar-refractivity contribution in [2.75, 3.05) is 18.4 Å². The number of aryl methyl sites for hydroxylation is 1. The Hall–Kier alpha value is -2.41. The first-order chi connectivity index (χ1) is 9.62. The van der Waals surface area contributed by atoms with Crippen LogP contribution in [0.5, 0.6) is 0 Å². The molecular weight excluding hydrogens is 260 g/mol. The molecule has 1 heterocycles. The molecule has 1 aromatic carbocycles. The van der Waals surface area contributed by atoms with Crippen molar-refractivity contribution in [3.05, 3.63) is 24.1 Å². The van der Waals surface area contributed by atoms with Gasteiger partial charge in [0.05, 0.1) is 13.1 Å². The molecule has 0 aliphatic heterocycles. The number of oxazole rings is 1. The minimum Gasteiger partial charge on any atom is -0.441 e. The second-order valence-electron chi connectivity index (χ2n) is 4.17. The standard InChI is InChI=1S/C13H16N4O3/c1-2-13-17-9-5-8(3-4-10(9)20-13)16-12(19)7-15-11(18)6-14/h3-5H,2,6-7,14H2,1H3,(H,15,18)(H,16,19). The third-order valence-electron chi connectivity index (χ3n) is 2.65. The number of nitrogens with one attached hydrogen (secondary N) is 2. The Morgan fingerprint density at radius 1 is 1.35 bits per heavy atom. The van der Waals surface area contributed by atoms with Crippen LogP contribution >= 0.6 is 0 Å². The van der Waals surface area contributed by atoms with Crippen molar-refractivity contribution < 1.29 is 14.0 Å². The highest BCUT2D eigenvalue weighted by Gasteiger charge is 2.08. The van der Waals surface area contributed by atoms with Gasteiger partial charge in [-0.05, 0) is 18.2 Å². The summed E-state index contributed by atoms with van der Waals surface area (Å²) < 4.78 is 5.48. The molecule has 0 unspecified atom stereocenters. The summed E-state index contributed by atoms with van der Waals surface area (Å²) in [7, 11) is 0. The molecule has 0 bridgehead atoms. The third kappa shape index (κ3) is 3.33. The number of hydrogen-bond donors (Lipinski definition) is 3. The Labute approximate surface area is 115 Å². The summed E-state index contributed by atoms with van der Waals surface area (Å²) in [6.07, 6.45) is 0.710. The number of carbonyl (C=O) groups excluding carboxylic acids is 2. The summed E-state index contributed by atoms with van der Waals surface area (Å²) in [5.74, 6) is -0.0521. The average molecular weight is 276 g/mol. The van der Waals surface area contributed by atoms with Gasteiger partial charge in [0.15, 0.2) is 11.5 Å². The first-order valence-corrected chi connectivity index (χ1v) is 6.28. The number of nitrogens with two attached hydrogens (primary N) is 1. The molecular formula is C13H16N4O3. The number of aromatic nitrogens is 1. The van der Waals surface area contributed by atoms with Gasteiger partial charge < -0.3 is 20.8 Å². The number of fused-ring (bicyclic) bond motifs is 1. The molecule has 106 valence electrons. The highest BCUT2D eigenvalue weighted by atomic mass is 16.3. The number of hydrogen-bond acceptors (Lipinski definition) is 5. The molecule has 7 heteroatoms. The van der Waals surface area contributed by atoms with Gasteiger partial charge in [-0.15, -0.1) is 0 Å². The number of anilines is 1. The third-order valence-corrected chi connectivity index (χ3v) is 2.65. The molecule has 7 nitrogen and oxygen atoms in total. The first kappa shape index (κ1) is 14.0. The maximum atomic E-state index is 11.6. The second kappa shape index (κ2) is 6.16. The largest absolute Gasteiger partial charge is 0.441 e. The van der Waals surface area contributed by atoms with Crippen molar-refractivity contribution in [2.45, 2.75) is 13.3 Å². The molecule has 20 heavy (non-hydrogen) atoms. The molecule has 0 saturated heterocycles. The zero-order valence-corrected chi connectivity index (χ0v) is 11.1. The van der Waals surface area contributed by atoms with Gasteiger partial charge >= 0.3 is 0 Å². The van der Waals surface area contributed by atoms with Crippen molar-refractivity contribution in [1.29, 1.82) is 0 Å². The van der Waals surface area contributed by atoms with E-state index in [2.05, 4.69) is 15.6 Å². The zero-order chi connectivity index (χ0) is 14.5. The molecule has 0 spiro atoms. The van der Waals surface area contributed by atoms with E-state index in [1.165, 1.54) is 0 Å². The average Bonchev–Trinajstić information content (AvgIpc) is 2.87. The Balaban J connectivity index is 2.02. The number of benzene rings is 1. The first-order valence-electron chi connectivity index (χ1n) is 6.28. The lowest BCUT2D eigenvalue weighted by Gasteiger charge is -2.05. The topological polar surface area (TPSA) is 110 Å². The van der Waals surface area contributed by atoms with Gasteiger partial charge in [-0.3, -0.25) is 9.59 Å². The SMILES string of the molecule is CCc1nc2cc(NC(=O)CNC(=O)CN)ccc2o1. The Morgan fingerprint density at radius 2 is 2.15 bits per heavy atom. The maximum absolute atomic E-state index is 11.6. The number of carbonyl (C=O) groups is 2. The van der Waals surface area contributed by atoms with Crippen LogP contribution in [0, 0.1) is 0 Å². The van der Waals surface area contributed by atoms with Crippen molar-refractivity contribution in [3.63, 3.8) is 0 Å². The van der Waals surface area contributed by atoms with Crippen molar-refractivity contribution >= 4 is 28.6 Å². The lowest BCUT2D eigenvalue weighted by molar-refractivity contribution is -0.123. The number of nitrogens with zero attached hydrogens (tertiary/aromatic N) is 1. The van der Waals surface area contributed by atoms with Gasteiger partial charge in [-0.1, -0.05) is 6.92 Å². The number of rotatable bonds is 5. The van der Waals surface area contributed by atoms with Crippen LogP contribution in [-0.4, -0.2) is 29.9 Å². The fourth-order valence-electron chi connectivity index (χ4n) is 1.66. The van der Waals surface area contributed by atoms with Crippen molar-refractivity contribution in [1.82, 2.24) is 10.3 Å². The van der Waals surface area contributed by atoms with Crippen LogP contribution < -0.4 is 16.4 Å². The summed E-state index contributed by atoms with van der Waals surface area (Å²) in [4.78, 5) is 26.8. The zero-order valence-electron chi connectivity index (χ0n) is 11.1. The van der Waals surface area contributed by atoms with Crippen molar-refractivity contribution in [2.24, 2.45) is 5.73 Å². The molecule has 0 saturated carbocycles. The van der Waals surface area contributed by atoms with E-state index in [0.717, 1.165) is 0 Å². The highest BCUT2D eigenvalue weighted by molar-refractivity contribution is 5.96. The van der Waals surface area contributed by atoms with Gasteiger partial charge in [0.25, 0.3) is 0 Å². The van der Waals surface area contributed by atoms with E-state index in [4.69, 9.17) is 10.2 Å². The minimum absolute atomic E-state index is 0.118. The summed E-state index contributed by atoms with van der Waals surface area (Å²) >= 11 is 0. The summed E-state index contributed by atoms with van der Waals surface area (Å²) in [5.41, 5.74) is 7.09. The van der Waals surface area contributed by atoms with Crippen molar-refractivity contribution in [3.8, 4) is 0 Å². The van der Waals surface area contributed by atoms with Crippen LogP contribution in [0.25, 0.3) is 11.1 Å². The van der Waals surface area contributed by atoms with E-state index in [0.29, 0.717) is 29.1 Å². The van der Waals surface area contributed by atoms with E-state index < -0.39 is 0 Å². The minimum atomic E-state index is -0.375. The molecule has 0 radical (unpaired) electrons. The molecule has 0 aliphatic rings. The van der Waals surface area contributed by atoms with Gasteiger partial charge in [0.1, 0.15) is 5.52 Å². The highest BCUT2D eigenvalue weighted by Crippen LogP contribution is 2.20. The fourth-order valence-corrected chi connectivity index (χ4v) is 1.66. The van der Waals surface area contributed by atoms with E-state index in [9.17, 15) is 9.59 Å². The van der Waals surface area contributed by atoms with Gasteiger partial charge in [0.2, 0.25) is 11.8 Å². The molecule has 0 fully saturated rings. The lowest BCUT2D eigenvalue weighted by atomic mass is 10.3. The molecule has 0 atom stereocenters. The second-order valence-corrected chi connectivity index (χ2v) is 4.17. The molecule has 0 aliphatic carbocycles. The normalized spacial score (nSPS) is 10.5. The Morgan fingerprint density at radius 3 is 2.85 bits per heavy atom. The van der Waals surface area contributed by atoms with Crippen LogP contribution in [0.1, 0.15) is 12.8 Å². The predicted molar refractivity (Wildman–Crippen MR) is 74.1 cm³/mol. The predicted octanol–water partition coefficient (Wildman–Crippen LogP) is 0.404. The fraction of sp³-hybridized carbons (Fsp3) is 0.308. The van der Waals surface area contributed by atoms with Gasteiger partial charge in [-0.2, -0.15) is 0 Å². The summed E-state index contributed by atoms with van der Waals surface area (Å²) in [5, 5.41) is 5.06.